The third-order valence-electron chi connectivity index (χ3n) is 12.5. The molecule has 0 radical (unpaired) electrons. The Morgan fingerprint density at radius 3 is 2.39 bits per heavy atom. The van der Waals surface area contributed by atoms with E-state index in [0.717, 1.165) is 29.1 Å². The molecule has 1 aliphatic carbocycles. The Morgan fingerprint density at radius 2 is 1.76 bits per heavy atom. The molecular formula is C45H49F4N7O5S. The molecule has 4 heterocycles. The predicted molar refractivity (Wildman–Crippen MR) is 226 cm³/mol. The van der Waals surface area contributed by atoms with Gasteiger partial charge in [0.05, 0.1) is 24.0 Å². The highest BCUT2D eigenvalue weighted by molar-refractivity contribution is 7.81. The van der Waals surface area contributed by atoms with Crippen molar-refractivity contribution in [1.82, 2.24) is 20.1 Å². The number of piperidine rings is 1. The normalized spacial score (nSPS) is 22.0. The molecule has 3 aliphatic heterocycles. The molecule has 1 aromatic heterocycles. The standard InChI is InChI=1S/C45H49F4N7O5S/c1-26(2)36-19-33(56-43(62)55(42(60)44(56)10-5-11-44)34-20-37(45(47,48)49)38(21-50)51-22-34)7-8-39(36)61-13-12-53-23-27(3)54(28(4)24-53)25-35(57)18-30-14-29(16-32(46)17-30)15-31-6-9-40(58)52-41(31)59/h7-8,14,16-17,19-20,22,26-28,31H,5-6,9-13,15,18,23-25H2,1-4H3,(H,52,58,59)/t27-,28+,31?. The van der Waals surface area contributed by atoms with Gasteiger partial charge in [-0.15, -0.1) is 0 Å². The van der Waals surface area contributed by atoms with E-state index in [2.05, 4.69) is 33.9 Å². The molecule has 3 aromatic rings. The fraction of sp³-hybridized carbons (Fsp3) is 0.489. The van der Waals surface area contributed by atoms with Crippen LogP contribution in [0.2, 0.25) is 0 Å². The van der Waals surface area contributed by atoms with Gasteiger partial charge in [0.25, 0.3) is 5.91 Å². The molecule has 17 heteroatoms. The molecule has 3 atom stereocenters. The van der Waals surface area contributed by atoms with Crippen LogP contribution in [0.15, 0.2) is 48.7 Å². The number of imide groups is 1. The van der Waals surface area contributed by atoms with E-state index in [1.165, 1.54) is 18.2 Å². The van der Waals surface area contributed by atoms with Gasteiger partial charge < -0.3 is 9.64 Å². The smallest absolute Gasteiger partial charge is 0.419 e. The molecule has 4 aliphatic rings. The number of hydrogen-bond donors (Lipinski definition) is 1. The van der Waals surface area contributed by atoms with Crippen molar-refractivity contribution in [1.29, 1.82) is 5.26 Å². The van der Waals surface area contributed by atoms with E-state index >= 15 is 0 Å². The number of piperazine rings is 1. The lowest BCUT2D eigenvalue weighted by Gasteiger charge is -2.44. The van der Waals surface area contributed by atoms with Gasteiger partial charge in [0.15, 0.2) is 16.6 Å². The maximum absolute atomic E-state index is 14.6. The summed E-state index contributed by atoms with van der Waals surface area (Å²) in [5, 5.41) is 11.6. The van der Waals surface area contributed by atoms with E-state index in [4.69, 9.17) is 17.0 Å². The minimum atomic E-state index is -4.86. The number of hydrogen-bond acceptors (Lipinski definition) is 10. The second-order valence-electron chi connectivity index (χ2n) is 17.2. The van der Waals surface area contributed by atoms with Gasteiger partial charge in [0.2, 0.25) is 11.8 Å². The number of carbonyl (C=O) groups excluding carboxylic acids is 4. The van der Waals surface area contributed by atoms with Crippen LogP contribution in [0.5, 0.6) is 5.75 Å². The van der Waals surface area contributed by atoms with Gasteiger partial charge in [-0.25, -0.2) is 9.37 Å². The number of Topliss-reactive ketones (excluding diaryl/α,β-unsaturated/α-hetero) is 1. The van der Waals surface area contributed by atoms with Gasteiger partial charge >= 0.3 is 6.18 Å². The first-order valence-corrected chi connectivity index (χ1v) is 21.3. The first-order chi connectivity index (χ1) is 29.4. The first-order valence-electron chi connectivity index (χ1n) is 20.9. The summed E-state index contributed by atoms with van der Waals surface area (Å²) in [5.74, 6) is -1.37. The van der Waals surface area contributed by atoms with Gasteiger partial charge in [-0.3, -0.25) is 39.2 Å². The molecule has 4 fully saturated rings. The lowest BCUT2D eigenvalue weighted by molar-refractivity contribution is -0.138. The number of carbonyl (C=O) groups is 4. The van der Waals surface area contributed by atoms with Crippen LogP contribution in [-0.4, -0.2) is 93.8 Å². The Kier molecular flexibility index (Phi) is 12.9. The van der Waals surface area contributed by atoms with Crippen molar-refractivity contribution in [3.63, 3.8) is 0 Å². The van der Waals surface area contributed by atoms with E-state index in [1.54, 1.807) is 11.0 Å². The predicted octanol–water partition coefficient (Wildman–Crippen LogP) is 6.48. The number of anilines is 2. The number of nitriles is 1. The van der Waals surface area contributed by atoms with Crippen molar-refractivity contribution in [2.75, 3.05) is 42.6 Å². The van der Waals surface area contributed by atoms with Gasteiger partial charge in [-0.2, -0.15) is 18.4 Å². The number of halogens is 4. The van der Waals surface area contributed by atoms with Gasteiger partial charge in [0.1, 0.15) is 29.8 Å². The highest BCUT2D eigenvalue weighted by Crippen LogP contribution is 2.49. The number of ether oxygens (including phenoxy) is 1. The van der Waals surface area contributed by atoms with Crippen molar-refractivity contribution in [2.45, 2.75) is 102 Å². The monoisotopic (exact) mass is 875 g/mol. The number of pyridine rings is 1. The average Bonchev–Trinajstić information content (AvgIpc) is 3.42. The molecule has 2 aromatic carbocycles. The summed E-state index contributed by atoms with van der Waals surface area (Å²) in [4.78, 5) is 62.2. The SMILES string of the molecule is CC(C)c1cc(N2C(=S)N(c3cnc(C#N)c(C(F)(F)F)c3)C(=O)C23CCC3)ccc1OCCN1C[C@@H](C)N(CC(=O)Cc2cc(F)cc(CC3CCC(=O)NC3=O)c2)[C@@H](C)C1. The average molecular weight is 876 g/mol. The summed E-state index contributed by atoms with van der Waals surface area (Å²) in [7, 11) is 0. The number of ketones is 1. The highest BCUT2D eigenvalue weighted by Gasteiger charge is 2.60. The molecule has 62 heavy (non-hydrogen) atoms. The molecule has 1 unspecified atom stereocenters. The van der Waals surface area contributed by atoms with Crippen LogP contribution < -0.4 is 19.9 Å². The van der Waals surface area contributed by atoms with Crippen molar-refractivity contribution < 1.29 is 41.5 Å². The fourth-order valence-corrected chi connectivity index (χ4v) is 9.70. The molecule has 0 bridgehead atoms. The number of thiocarbonyl (C=S) groups is 1. The summed E-state index contributed by atoms with van der Waals surface area (Å²) in [6.07, 6.45) is -1.12. The highest BCUT2D eigenvalue weighted by atomic mass is 32.1. The van der Waals surface area contributed by atoms with Crippen LogP contribution in [0.4, 0.5) is 28.9 Å². The van der Waals surface area contributed by atoms with Crippen LogP contribution >= 0.6 is 12.2 Å². The zero-order valence-electron chi connectivity index (χ0n) is 35.1. The van der Waals surface area contributed by atoms with Gasteiger partial charge in [-0.1, -0.05) is 19.9 Å². The molecule has 3 saturated heterocycles. The Morgan fingerprint density at radius 1 is 1.05 bits per heavy atom. The number of nitrogens with zero attached hydrogens (tertiary/aromatic N) is 6. The molecule has 1 saturated carbocycles. The van der Waals surface area contributed by atoms with E-state index < -0.39 is 40.6 Å². The van der Waals surface area contributed by atoms with Crippen molar-refractivity contribution in [2.24, 2.45) is 5.92 Å². The lowest BCUT2D eigenvalue weighted by Crippen LogP contribution is -2.58. The number of alkyl halides is 3. The third-order valence-corrected chi connectivity index (χ3v) is 12.8. The maximum Gasteiger partial charge on any atom is 0.419 e. The number of benzene rings is 2. The largest absolute Gasteiger partial charge is 0.492 e. The first kappa shape index (κ1) is 44.7. The van der Waals surface area contributed by atoms with Gasteiger partial charge in [-0.05, 0) is 117 Å². The van der Waals surface area contributed by atoms with Crippen molar-refractivity contribution in [3.8, 4) is 11.8 Å². The Bertz CT molecular complexity index is 2320. The molecule has 1 spiro atoms. The topological polar surface area (TPSA) is 139 Å². The minimum Gasteiger partial charge on any atom is -0.492 e. The summed E-state index contributed by atoms with van der Waals surface area (Å²) in [6, 6.07) is 12.4. The minimum absolute atomic E-state index is 0.00720. The van der Waals surface area contributed by atoms with Crippen LogP contribution in [0.25, 0.3) is 0 Å². The third kappa shape index (κ3) is 9.09. The zero-order chi connectivity index (χ0) is 44.7. The van der Waals surface area contributed by atoms with E-state index in [-0.39, 0.29) is 72.2 Å². The van der Waals surface area contributed by atoms with E-state index in [1.807, 2.05) is 32.0 Å². The van der Waals surface area contributed by atoms with Crippen LogP contribution in [0.1, 0.15) is 93.7 Å². The number of nitrogens with one attached hydrogen (secondary N) is 1. The lowest BCUT2D eigenvalue weighted by atomic mass is 9.75. The molecule has 7 rings (SSSR count). The van der Waals surface area contributed by atoms with Crippen LogP contribution in [0.3, 0.4) is 0 Å². The number of rotatable bonds is 13. The Labute approximate surface area is 363 Å². The van der Waals surface area contributed by atoms with Crippen molar-refractivity contribution in [3.05, 3.63) is 82.4 Å². The number of amides is 3. The molecule has 3 amide bonds. The van der Waals surface area contributed by atoms with Gasteiger partial charge in [0, 0.05) is 56.2 Å². The van der Waals surface area contributed by atoms with E-state index in [0.29, 0.717) is 68.1 Å². The second-order valence-corrected chi connectivity index (χ2v) is 17.6. The quantitative estimate of drug-likeness (QED) is 0.115. The molecule has 328 valence electrons. The molecule has 1 N–H and O–H groups in total. The van der Waals surface area contributed by atoms with Crippen molar-refractivity contribution >= 4 is 52.2 Å². The Hall–Kier alpha value is -5.31. The number of aromatic nitrogens is 1. The summed E-state index contributed by atoms with van der Waals surface area (Å²) < 4.78 is 62.6. The summed E-state index contributed by atoms with van der Waals surface area (Å²) >= 11 is 5.82. The van der Waals surface area contributed by atoms with E-state index in [9.17, 15) is 42.0 Å². The Balaban J connectivity index is 0.963. The zero-order valence-corrected chi connectivity index (χ0v) is 35.9. The second kappa shape index (κ2) is 17.8. The fourth-order valence-electron chi connectivity index (χ4n) is 9.23. The molecular weight excluding hydrogens is 827 g/mol. The summed E-state index contributed by atoms with van der Waals surface area (Å²) in [5.41, 5.74) is -0.570. The maximum atomic E-state index is 14.6. The van der Waals surface area contributed by atoms with Crippen LogP contribution in [-0.2, 0) is 38.2 Å². The molecule has 12 nitrogen and oxygen atoms in total. The summed E-state index contributed by atoms with van der Waals surface area (Å²) in [6.45, 7) is 10.8. The van der Waals surface area contributed by atoms with Crippen LogP contribution in [0, 0.1) is 23.1 Å².